The third kappa shape index (κ3) is 5.01. The summed E-state index contributed by atoms with van der Waals surface area (Å²) in [5, 5.41) is 15.9. The second-order valence-corrected chi connectivity index (χ2v) is 8.01. The molecule has 2 aliphatic rings. The fourth-order valence-corrected chi connectivity index (χ4v) is 3.69. The number of nitriles is 1. The van der Waals surface area contributed by atoms with E-state index < -0.39 is 5.82 Å². The lowest BCUT2D eigenvalue weighted by Crippen LogP contribution is -2.34. The van der Waals surface area contributed by atoms with E-state index in [9.17, 15) is 4.39 Å². The number of hydrogen-bond acceptors (Lipinski definition) is 6. The number of aromatic nitrogens is 2. The molecule has 4 rings (SSSR count). The Balaban J connectivity index is 1.50. The molecule has 2 aromatic rings. The third-order valence-electron chi connectivity index (χ3n) is 5.52. The van der Waals surface area contributed by atoms with E-state index in [1.54, 1.807) is 6.07 Å². The van der Waals surface area contributed by atoms with Crippen LogP contribution in [0.5, 0.6) is 0 Å². The van der Waals surface area contributed by atoms with Gasteiger partial charge in [-0.1, -0.05) is 13.3 Å². The van der Waals surface area contributed by atoms with Crippen molar-refractivity contribution < 1.29 is 4.39 Å². The van der Waals surface area contributed by atoms with Crippen molar-refractivity contribution in [2.45, 2.75) is 45.1 Å². The Morgan fingerprint density at radius 2 is 2.10 bits per heavy atom. The summed E-state index contributed by atoms with van der Waals surface area (Å²) in [5.41, 5.74) is 1.59. The van der Waals surface area contributed by atoms with Gasteiger partial charge in [-0.25, -0.2) is 9.37 Å². The van der Waals surface area contributed by atoms with E-state index in [4.69, 9.17) is 10.2 Å². The van der Waals surface area contributed by atoms with E-state index in [2.05, 4.69) is 33.5 Å². The summed E-state index contributed by atoms with van der Waals surface area (Å²) in [6.07, 6.45) is 5.71. The van der Waals surface area contributed by atoms with Gasteiger partial charge in [0.15, 0.2) is 0 Å². The van der Waals surface area contributed by atoms with Crippen LogP contribution in [0.3, 0.4) is 0 Å². The van der Waals surface area contributed by atoms with Gasteiger partial charge in [0.2, 0.25) is 5.95 Å². The summed E-state index contributed by atoms with van der Waals surface area (Å²) in [5.74, 6) is 1.75. The molecule has 0 spiro atoms. The molecular weight excluding hydrogens is 367 g/mol. The van der Waals surface area contributed by atoms with Crippen molar-refractivity contribution in [3.05, 3.63) is 41.3 Å². The fourth-order valence-electron chi connectivity index (χ4n) is 3.69. The van der Waals surface area contributed by atoms with Gasteiger partial charge >= 0.3 is 0 Å². The number of hydrogen-bond donors (Lipinski definition) is 2. The van der Waals surface area contributed by atoms with Crippen LogP contribution in [0.4, 0.5) is 21.8 Å². The van der Waals surface area contributed by atoms with E-state index in [-0.39, 0.29) is 5.56 Å². The van der Waals surface area contributed by atoms with Crippen LogP contribution in [0, 0.1) is 23.1 Å². The highest BCUT2D eigenvalue weighted by Crippen LogP contribution is 2.28. The Hall–Kier alpha value is -2.72. The van der Waals surface area contributed by atoms with Crippen molar-refractivity contribution in [2.75, 3.05) is 29.9 Å². The minimum Gasteiger partial charge on any atom is -0.355 e. The topological polar surface area (TPSA) is 76.9 Å². The lowest BCUT2D eigenvalue weighted by molar-refractivity contribution is 0.530. The molecule has 1 aliphatic heterocycles. The van der Waals surface area contributed by atoms with Crippen molar-refractivity contribution in [1.82, 2.24) is 15.3 Å². The van der Waals surface area contributed by atoms with Crippen molar-refractivity contribution in [3.63, 3.8) is 0 Å². The average molecular weight is 394 g/mol. The van der Waals surface area contributed by atoms with E-state index in [1.165, 1.54) is 25.0 Å². The van der Waals surface area contributed by atoms with Crippen LogP contribution >= 0.6 is 0 Å². The molecule has 29 heavy (non-hydrogen) atoms. The molecule has 1 aliphatic carbocycles. The SMILES string of the molecule is CCCc1cc(N2CC[C@H](NCC3CC3)C2)nc(Nc2ccc(F)c(C#N)c2)n1. The highest BCUT2D eigenvalue weighted by atomic mass is 19.1. The van der Waals surface area contributed by atoms with Gasteiger partial charge < -0.3 is 15.5 Å². The standard InChI is InChI=1S/C22H27FN6/c1-2-3-17-11-21(29-9-8-19(14-29)25-13-15-4-5-15)28-22(26-17)27-18-6-7-20(23)16(10-18)12-24/h6-7,10-11,15,19,25H,2-5,8-9,13-14H2,1H3,(H,26,27,28)/t19-/m0/s1. The molecule has 2 heterocycles. The molecule has 1 saturated carbocycles. The summed E-state index contributed by atoms with van der Waals surface area (Å²) in [7, 11) is 0. The zero-order chi connectivity index (χ0) is 20.2. The normalized spacial score (nSPS) is 18.7. The lowest BCUT2D eigenvalue weighted by Gasteiger charge is -2.20. The van der Waals surface area contributed by atoms with Crippen molar-refractivity contribution in [1.29, 1.82) is 5.26 Å². The molecule has 2 fully saturated rings. The second kappa shape index (κ2) is 8.75. The highest BCUT2D eigenvalue weighted by molar-refractivity contribution is 5.58. The van der Waals surface area contributed by atoms with E-state index >= 15 is 0 Å². The van der Waals surface area contributed by atoms with E-state index in [0.29, 0.717) is 17.7 Å². The largest absolute Gasteiger partial charge is 0.355 e. The molecule has 1 atom stereocenters. The minimum atomic E-state index is -0.527. The Morgan fingerprint density at radius 3 is 2.86 bits per heavy atom. The van der Waals surface area contributed by atoms with Crippen molar-refractivity contribution in [3.8, 4) is 6.07 Å². The lowest BCUT2D eigenvalue weighted by atomic mass is 10.2. The molecule has 1 aromatic heterocycles. The summed E-state index contributed by atoms with van der Waals surface area (Å²) >= 11 is 0. The van der Waals surface area contributed by atoms with Crippen LogP contribution in [0.1, 0.15) is 43.9 Å². The molecule has 0 unspecified atom stereocenters. The van der Waals surface area contributed by atoms with Gasteiger partial charge in [0.05, 0.1) is 5.56 Å². The van der Waals surface area contributed by atoms with E-state index in [0.717, 1.165) is 56.3 Å². The molecule has 7 heteroatoms. The van der Waals surface area contributed by atoms with Crippen LogP contribution in [-0.4, -0.2) is 35.6 Å². The Kier molecular flexibility index (Phi) is 5.91. The number of anilines is 3. The first kappa shape index (κ1) is 19.6. The number of rotatable bonds is 8. The summed E-state index contributed by atoms with van der Waals surface area (Å²) in [6.45, 7) is 5.17. The Labute approximate surface area is 171 Å². The Bertz CT molecular complexity index is 905. The Morgan fingerprint density at radius 1 is 1.24 bits per heavy atom. The first-order valence-electron chi connectivity index (χ1n) is 10.5. The zero-order valence-corrected chi connectivity index (χ0v) is 16.8. The molecule has 1 saturated heterocycles. The molecule has 6 nitrogen and oxygen atoms in total. The van der Waals surface area contributed by atoms with Gasteiger partial charge in [-0.15, -0.1) is 0 Å². The quantitative estimate of drug-likeness (QED) is 0.710. The van der Waals surface area contributed by atoms with Crippen LogP contribution in [0.25, 0.3) is 0 Å². The number of nitrogens with zero attached hydrogens (tertiary/aromatic N) is 4. The molecule has 152 valence electrons. The van der Waals surface area contributed by atoms with Crippen LogP contribution in [-0.2, 0) is 6.42 Å². The van der Waals surface area contributed by atoms with Gasteiger partial charge in [0.1, 0.15) is 17.7 Å². The minimum absolute atomic E-state index is 0.00376. The fraction of sp³-hybridized carbons (Fsp3) is 0.500. The van der Waals surface area contributed by atoms with Crippen molar-refractivity contribution >= 4 is 17.5 Å². The van der Waals surface area contributed by atoms with Gasteiger partial charge in [0, 0.05) is 36.6 Å². The summed E-state index contributed by atoms with van der Waals surface area (Å²) < 4.78 is 13.6. The second-order valence-electron chi connectivity index (χ2n) is 8.01. The first-order valence-corrected chi connectivity index (χ1v) is 10.5. The summed E-state index contributed by atoms with van der Waals surface area (Å²) in [6, 6.07) is 8.81. The monoisotopic (exact) mass is 394 g/mol. The number of nitrogens with one attached hydrogen (secondary N) is 2. The predicted octanol–water partition coefficient (Wildman–Crippen LogP) is 3.76. The molecule has 2 N–H and O–H groups in total. The third-order valence-corrected chi connectivity index (χ3v) is 5.52. The predicted molar refractivity (Wildman–Crippen MR) is 112 cm³/mol. The molecule has 1 aromatic carbocycles. The number of halogens is 1. The van der Waals surface area contributed by atoms with Gasteiger partial charge in [-0.3, -0.25) is 0 Å². The highest BCUT2D eigenvalue weighted by Gasteiger charge is 2.27. The van der Waals surface area contributed by atoms with Crippen molar-refractivity contribution in [2.24, 2.45) is 5.92 Å². The maximum atomic E-state index is 13.6. The number of aryl methyl sites for hydroxylation is 1. The van der Waals surface area contributed by atoms with Crippen LogP contribution < -0.4 is 15.5 Å². The molecular formula is C22H27FN6. The first-order chi connectivity index (χ1) is 14.1. The summed E-state index contributed by atoms with van der Waals surface area (Å²) in [4.78, 5) is 11.6. The molecule has 0 amide bonds. The maximum absolute atomic E-state index is 13.6. The van der Waals surface area contributed by atoms with Crippen LogP contribution in [0.2, 0.25) is 0 Å². The smallest absolute Gasteiger partial charge is 0.229 e. The zero-order valence-electron chi connectivity index (χ0n) is 16.8. The van der Waals surface area contributed by atoms with Crippen LogP contribution in [0.15, 0.2) is 24.3 Å². The van der Waals surface area contributed by atoms with Gasteiger partial charge in [0.25, 0.3) is 0 Å². The molecule has 0 bridgehead atoms. The van der Waals surface area contributed by atoms with Gasteiger partial charge in [-0.05, 0) is 56.3 Å². The number of benzene rings is 1. The van der Waals surface area contributed by atoms with E-state index in [1.807, 2.05) is 6.07 Å². The maximum Gasteiger partial charge on any atom is 0.229 e. The van der Waals surface area contributed by atoms with Gasteiger partial charge in [-0.2, -0.15) is 10.2 Å². The molecule has 0 radical (unpaired) electrons. The average Bonchev–Trinajstić information content (AvgIpc) is 3.43.